The van der Waals surface area contributed by atoms with E-state index in [4.69, 9.17) is 5.73 Å². The predicted octanol–water partition coefficient (Wildman–Crippen LogP) is 3.06. The first-order chi connectivity index (χ1) is 8.56. The monoisotopic (exact) mass is 248 g/mol. The molecule has 0 aliphatic heterocycles. The fourth-order valence-corrected chi connectivity index (χ4v) is 2.87. The number of hydrogen-bond donors (Lipinski definition) is 2. The normalized spacial score (nSPS) is 17.9. The van der Waals surface area contributed by atoms with Crippen molar-refractivity contribution in [3.05, 3.63) is 11.4 Å². The molecule has 1 aromatic rings. The van der Waals surface area contributed by atoms with E-state index in [1.807, 2.05) is 13.8 Å². The minimum absolute atomic E-state index is 0.458. The zero-order chi connectivity index (χ0) is 13.2. The number of rotatable bonds is 4. The zero-order valence-electron chi connectivity index (χ0n) is 11.7. The summed E-state index contributed by atoms with van der Waals surface area (Å²) in [5.74, 6) is 2.22. The SMILES string of the molecule is CCC1(CNc2nc(C)nc(N)c2C)CCCC1. The van der Waals surface area contributed by atoms with Crippen molar-refractivity contribution in [2.75, 3.05) is 17.6 Å². The number of nitrogens with zero attached hydrogens (tertiary/aromatic N) is 2. The molecule has 1 aliphatic carbocycles. The Morgan fingerprint density at radius 2 is 1.89 bits per heavy atom. The topological polar surface area (TPSA) is 63.8 Å². The van der Waals surface area contributed by atoms with Gasteiger partial charge in [-0.15, -0.1) is 0 Å². The molecule has 4 heteroatoms. The van der Waals surface area contributed by atoms with Crippen molar-refractivity contribution in [2.45, 2.75) is 52.9 Å². The van der Waals surface area contributed by atoms with Crippen molar-refractivity contribution in [3.8, 4) is 0 Å². The molecule has 0 radical (unpaired) electrons. The van der Waals surface area contributed by atoms with Crippen molar-refractivity contribution in [1.29, 1.82) is 0 Å². The van der Waals surface area contributed by atoms with Gasteiger partial charge in [-0.2, -0.15) is 0 Å². The van der Waals surface area contributed by atoms with Crippen LogP contribution in [0.25, 0.3) is 0 Å². The summed E-state index contributed by atoms with van der Waals surface area (Å²) < 4.78 is 0. The first-order valence-corrected chi connectivity index (χ1v) is 6.91. The summed E-state index contributed by atoms with van der Waals surface area (Å²) in [6.45, 7) is 7.15. The Kier molecular flexibility index (Phi) is 3.73. The summed E-state index contributed by atoms with van der Waals surface area (Å²) in [7, 11) is 0. The molecule has 1 fully saturated rings. The highest BCUT2D eigenvalue weighted by atomic mass is 15.1. The fourth-order valence-electron chi connectivity index (χ4n) is 2.87. The number of hydrogen-bond acceptors (Lipinski definition) is 4. The molecule has 0 saturated heterocycles. The van der Waals surface area contributed by atoms with E-state index in [0.717, 1.165) is 23.8 Å². The standard InChI is InChI=1S/C14H24N4/c1-4-14(7-5-6-8-14)9-16-13-10(2)12(15)17-11(3)18-13/h4-9H2,1-3H3,(H3,15,16,17,18). The molecule has 0 unspecified atom stereocenters. The maximum absolute atomic E-state index is 5.88. The summed E-state index contributed by atoms with van der Waals surface area (Å²) in [5, 5.41) is 3.50. The number of nitrogens with one attached hydrogen (secondary N) is 1. The molecule has 2 rings (SSSR count). The molecule has 0 atom stereocenters. The van der Waals surface area contributed by atoms with E-state index >= 15 is 0 Å². The minimum Gasteiger partial charge on any atom is -0.383 e. The number of nitrogens with two attached hydrogens (primary N) is 1. The molecular formula is C14H24N4. The maximum Gasteiger partial charge on any atom is 0.134 e. The first-order valence-electron chi connectivity index (χ1n) is 6.91. The minimum atomic E-state index is 0.458. The lowest BCUT2D eigenvalue weighted by Crippen LogP contribution is -2.26. The van der Waals surface area contributed by atoms with Crippen LogP contribution in [0.3, 0.4) is 0 Å². The highest BCUT2D eigenvalue weighted by Crippen LogP contribution is 2.41. The van der Waals surface area contributed by atoms with Crippen LogP contribution in [0.15, 0.2) is 0 Å². The van der Waals surface area contributed by atoms with Crippen LogP contribution in [0.1, 0.15) is 50.4 Å². The van der Waals surface area contributed by atoms with E-state index in [1.165, 1.54) is 32.1 Å². The summed E-state index contributed by atoms with van der Waals surface area (Å²) in [6, 6.07) is 0. The zero-order valence-corrected chi connectivity index (χ0v) is 11.7. The lowest BCUT2D eigenvalue weighted by molar-refractivity contribution is 0.306. The molecule has 18 heavy (non-hydrogen) atoms. The van der Waals surface area contributed by atoms with Crippen molar-refractivity contribution in [1.82, 2.24) is 9.97 Å². The van der Waals surface area contributed by atoms with Crippen LogP contribution in [0.5, 0.6) is 0 Å². The number of aromatic nitrogens is 2. The van der Waals surface area contributed by atoms with Crippen LogP contribution in [-0.4, -0.2) is 16.5 Å². The number of aryl methyl sites for hydroxylation is 1. The van der Waals surface area contributed by atoms with E-state index in [0.29, 0.717) is 11.2 Å². The predicted molar refractivity (Wildman–Crippen MR) is 75.6 cm³/mol. The van der Waals surface area contributed by atoms with Gasteiger partial charge in [-0.05, 0) is 38.5 Å². The molecule has 1 aromatic heterocycles. The Hall–Kier alpha value is -1.32. The Morgan fingerprint density at radius 3 is 2.50 bits per heavy atom. The molecule has 0 bridgehead atoms. The Labute approximate surface area is 109 Å². The Morgan fingerprint density at radius 1 is 1.22 bits per heavy atom. The molecule has 0 aromatic carbocycles. The molecule has 1 heterocycles. The van der Waals surface area contributed by atoms with Gasteiger partial charge in [-0.1, -0.05) is 19.8 Å². The van der Waals surface area contributed by atoms with Gasteiger partial charge in [0, 0.05) is 12.1 Å². The number of anilines is 2. The van der Waals surface area contributed by atoms with Gasteiger partial charge in [0.15, 0.2) is 0 Å². The van der Waals surface area contributed by atoms with Gasteiger partial charge in [0.1, 0.15) is 17.5 Å². The van der Waals surface area contributed by atoms with Gasteiger partial charge < -0.3 is 11.1 Å². The van der Waals surface area contributed by atoms with E-state index in [-0.39, 0.29) is 0 Å². The van der Waals surface area contributed by atoms with Crippen molar-refractivity contribution in [2.24, 2.45) is 5.41 Å². The average molecular weight is 248 g/mol. The van der Waals surface area contributed by atoms with E-state index < -0.39 is 0 Å². The third-order valence-electron chi connectivity index (χ3n) is 4.34. The first kappa shape index (κ1) is 13.1. The van der Waals surface area contributed by atoms with Gasteiger partial charge in [0.05, 0.1) is 0 Å². The van der Waals surface area contributed by atoms with Gasteiger partial charge in [0.25, 0.3) is 0 Å². The summed E-state index contributed by atoms with van der Waals surface area (Å²) in [5.41, 5.74) is 7.30. The number of nitrogen functional groups attached to an aromatic ring is 1. The molecule has 0 amide bonds. The maximum atomic E-state index is 5.88. The molecule has 0 spiro atoms. The quantitative estimate of drug-likeness (QED) is 0.859. The largest absolute Gasteiger partial charge is 0.383 e. The second-order valence-corrected chi connectivity index (χ2v) is 5.54. The van der Waals surface area contributed by atoms with E-state index in [1.54, 1.807) is 0 Å². The van der Waals surface area contributed by atoms with E-state index in [9.17, 15) is 0 Å². The second kappa shape index (κ2) is 5.12. The van der Waals surface area contributed by atoms with Gasteiger partial charge >= 0.3 is 0 Å². The third kappa shape index (κ3) is 2.57. The van der Waals surface area contributed by atoms with Gasteiger partial charge in [-0.3, -0.25) is 0 Å². The van der Waals surface area contributed by atoms with Crippen LogP contribution >= 0.6 is 0 Å². The molecule has 4 nitrogen and oxygen atoms in total. The summed E-state index contributed by atoms with van der Waals surface area (Å²) >= 11 is 0. The Balaban J connectivity index is 2.10. The van der Waals surface area contributed by atoms with Crippen molar-refractivity contribution < 1.29 is 0 Å². The Bertz CT molecular complexity index is 422. The summed E-state index contributed by atoms with van der Waals surface area (Å²) in [6.07, 6.45) is 6.61. The van der Waals surface area contributed by atoms with Gasteiger partial charge in [-0.25, -0.2) is 9.97 Å². The molecule has 1 aliphatic rings. The van der Waals surface area contributed by atoms with Gasteiger partial charge in [0.2, 0.25) is 0 Å². The highest BCUT2D eigenvalue weighted by molar-refractivity contribution is 5.54. The summed E-state index contributed by atoms with van der Waals surface area (Å²) in [4.78, 5) is 8.64. The molecule has 3 N–H and O–H groups in total. The fraction of sp³-hybridized carbons (Fsp3) is 0.714. The smallest absolute Gasteiger partial charge is 0.134 e. The van der Waals surface area contributed by atoms with Crippen LogP contribution in [0.2, 0.25) is 0 Å². The lowest BCUT2D eigenvalue weighted by Gasteiger charge is -2.28. The average Bonchev–Trinajstić information content (AvgIpc) is 2.81. The lowest BCUT2D eigenvalue weighted by atomic mass is 9.83. The highest BCUT2D eigenvalue weighted by Gasteiger charge is 2.31. The van der Waals surface area contributed by atoms with Crippen molar-refractivity contribution in [3.63, 3.8) is 0 Å². The molecule has 100 valence electrons. The molecular weight excluding hydrogens is 224 g/mol. The van der Waals surface area contributed by atoms with Crippen LogP contribution in [0.4, 0.5) is 11.6 Å². The van der Waals surface area contributed by atoms with Crippen LogP contribution in [0, 0.1) is 19.3 Å². The van der Waals surface area contributed by atoms with Crippen LogP contribution in [-0.2, 0) is 0 Å². The van der Waals surface area contributed by atoms with E-state index in [2.05, 4.69) is 22.2 Å². The van der Waals surface area contributed by atoms with Crippen LogP contribution < -0.4 is 11.1 Å². The second-order valence-electron chi connectivity index (χ2n) is 5.54. The molecule has 1 saturated carbocycles. The third-order valence-corrected chi connectivity index (χ3v) is 4.34. The van der Waals surface area contributed by atoms with Crippen molar-refractivity contribution >= 4 is 11.6 Å².